The number of nitrogens with one attached hydrogen (secondary N) is 1. The molecule has 0 spiro atoms. The monoisotopic (exact) mass is 860 g/mol. The smallest absolute Gasteiger partial charge is 0.306 e. The Hall–Kier alpha value is -1.66. The number of carbonyl (C=O) groups is 2. The van der Waals surface area contributed by atoms with E-state index >= 15 is 0 Å². The molecule has 0 aromatic carbocycles. The first-order valence-electron chi connectivity index (χ1n) is 27.1. The van der Waals surface area contributed by atoms with Crippen LogP contribution in [0.25, 0.3) is 0 Å². The van der Waals surface area contributed by atoms with Gasteiger partial charge in [0, 0.05) is 6.42 Å². The zero-order valence-corrected chi connectivity index (χ0v) is 41.1. The van der Waals surface area contributed by atoms with Crippen molar-refractivity contribution in [3.05, 3.63) is 24.3 Å². The second-order valence-corrected chi connectivity index (χ2v) is 18.7. The fraction of sp³-hybridized carbons (Fsp3) is 0.891. The summed E-state index contributed by atoms with van der Waals surface area (Å²) in [4.78, 5) is 26.2. The van der Waals surface area contributed by atoms with Gasteiger partial charge in [0.05, 0.1) is 25.2 Å². The fourth-order valence-corrected chi connectivity index (χ4v) is 8.42. The molecule has 3 atom stereocenters. The normalized spacial score (nSPS) is 13.3. The molecular weight excluding hydrogens is 755 g/mol. The van der Waals surface area contributed by atoms with Gasteiger partial charge in [-0.05, 0) is 51.4 Å². The minimum absolute atomic E-state index is 0.0650. The van der Waals surface area contributed by atoms with Crippen LogP contribution in [0.4, 0.5) is 0 Å². The predicted molar refractivity (Wildman–Crippen MR) is 264 cm³/mol. The van der Waals surface area contributed by atoms with Gasteiger partial charge in [0.2, 0.25) is 5.91 Å². The van der Waals surface area contributed by atoms with Crippen LogP contribution >= 0.6 is 0 Å². The molecule has 6 heteroatoms. The number of rotatable bonds is 49. The molecular formula is C55H105NO5. The Kier molecular flexibility index (Phi) is 48.0. The van der Waals surface area contributed by atoms with Crippen molar-refractivity contribution in [2.75, 3.05) is 6.61 Å². The number of esters is 1. The highest BCUT2D eigenvalue weighted by atomic mass is 16.5. The number of amides is 1. The summed E-state index contributed by atoms with van der Waals surface area (Å²) in [7, 11) is 0. The highest BCUT2D eigenvalue weighted by molar-refractivity contribution is 5.77. The van der Waals surface area contributed by atoms with Crippen LogP contribution in [0.2, 0.25) is 0 Å². The van der Waals surface area contributed by atoms with Gasteiger partial charge in [-0.15, -0.1) is 0 Å². The van der Waals surface area contributed by atoms with E-state index in [1.807, 2.05) is 0 Å². The van der Waals surface area contributed by atoms with E-state index < -0.39 is 18.2 Å². The third-order valence-corrected chi connectivity index (χ3v) is 12.6. The molecule has 360 valence electrons. The average molecular weight is 860 g/mol. The van der Waals surface area contributed by atoms with Gasteiger partial charge in [-0.2, -0.15) is 0 Å². The molecule has 61 heavy (non-hydrogen) atoms. The lowest BCUT2D eigenvalue weighted by atomic mass is 10.0. The first-order valence-corrected chi connectivity index (χ1v) is 27.1. The summed E-state index contributed by atoms with van der Waals surface area (Å²) in [6.07, 6.45) is 56.8. The molecule has 0 aromatic heterocycles. The molecule has 0 aliphatic carbocycles. The number of ether oxygens (including phenoxy) is 1. The molecule has 0 rings (SSSR count). The Morgan fingerprint density at radius 3 is 1.23 bits per heavy atom. The minimum atomic E-state index is -0.789. The molecule has 0 aromatic rings. The Morgan fingerprint density at radius 1 is 0.475 bits per heavy atom. The lowest BCUT2D eigenvalue weighted by molar-refractivity contribution is -0.151. The van der Waals surface area contributed by atoms with Crippen molar-refractivity contribution in [3.8, 4) is 0 Å². The van der Waals surface area contributed by atoms with Crippen LogP contribution in [-0.4, -0.2) is 46.9 Å². The molecule has 0 fully saturated rings. The van der Waals surface area contributed by atoms with Crippen LogP contribution < -0.4 is 5.32 Å². The number of unbranched alkanes of at least 4 members (excludes halogenated alkanes) is 34. The zero-order chi connectivity index (χ0) is 44.5. The summed E-state index contributed by atoms with van der Waals surface area (Å²) in [6.45, 7) is 6.48. The standard InChI is InChI=1S/C55H105NO5/c1-4-7-10-13-16-19-21-23-25-27-29-31-33-36-39-42-45-48-55(60)61-51(46-43-40-37-35-32-30-28-26-24-22-20-17-14-11-8-5-2)49-54(59)56-52(50-57)53(58)47-44-41-38-34-18-15-12-9-6-3/h26,28,30,32,51-53,57-58H,4-25,27,29,31,33-50H2,1-3H3,(H,56,59)/b28-26+,32-30+. The molecule has 0 saturated heterocycles. The lowest BCUT2D eigenvalue weighted by Gasteiger charge is -2.24. The zero-order valence-electron chi connectivity index (χ0n) is 41.1. The van der Waals surface area contributed by atoms with Crippen LogP contribution in [0.5, 0.6) is 0 Å². The van der Waals surface area contributed by atoms with E-state index in [1.54, 1.807) is 0 Å². The summed E-state index contributed by atoms with van der Waals surface area (Å²) in [6, 6.07) is -0.704. The van der Waals surface area contributed by atoms with Crippen molar-refractivity contribution < 1.29 is 24.5 Å². The van der Waals surface area contributed by atoms with Crippen molar-refractivity contribution >= 4 is 11.9 Å². The van der Waals surface area contributed by atoms with Crippen LogP contribution in [0.15, 0.2) is 24.3 Å². The van der Waals surface area contributed by atoms with Crippen molar-refractivity contribution in [3.63, 3.8) is 0 Å². The first kappa shape index (κ1) is 59.3. The van der Waals surface area contributed by atoms with Gasteiger partial charge >= 0.3 is 5.97 Å². The maximum absolute atomic E-state index is 13.2. The molecule has 3 unspecified atom stereocenters. The molecule has 0 aliphatic heterocycles. The van der Waals surface area contributed by atoms with E-state index in [1.165, 1.54) is 173 Å². The third-order valence-electron chi connectivity index (χ3n) is 12.6. The maximum atomic E-state index is 13.2. The van der Waals surface area contributed by atoms with Crippen LogP contribution in [-0.2, 0) is 14.3 Å². The Labute approximate surface area is 380 Å². The fourth-order valence-electron chi connectivity index (χ4n) is 8.42. The highest BCUT2D eigenvalue weighted by Crippen LogP contribution is 2.18. The molecule has 0 saturated carbocycles. The number of allylic oxidation sites excluding steroid dienone is 4. The second-order valence-electron chi connectivity index (χ2n) is 18.7. The summed E-state index contributed by atoms with van der Waals surface area (Å²) in [5.74, 6) is -0.485. The van der Waals surface area contributed by atoms with Gasteiger partial charge in [0.1, 0.15) is 6.10 Å². The first-order chi connectivity index (χ1) is 30.0. The van der Waals surface area contributed by atoms with Gasteiger partial charge in [0.25, 0.3) is 0 Å². The molecule has 1 amide bonds. The number of aliphatic hydroxyl groups is 2. The Morgan fingerprint density at radius 2 is 0.820 bits per heavy atom. The van der Waals surface area contributed by atoms with Crippen molar-refractivity contribution in [1.29, 1.82) is 0 Å². The van der Waals surface area contributed by atoms with E-state index in [0.29, 0.717) is 19.3 Å². The summed E-state index contributed by atoms with van der Waals surface area (Å²) < 4.78 is 5.94. The molecule has 6 nitrogen and oxygen atoms in total. The molecule has 0 radical (unpaired) electrons. The molecule has 0 aliphatic rings. The summed E-state index contributed by atoms with van der Waals surface area (Å²) in [5, 5.41) is 23.7. The van der Waals surface area contributed by atoms with Gasteiger partial charge in [-0.1, -0.05) is 251 Å². The van der Waals surface area contributed by atoms with E-state index in [4.69, 9.17) is 4.74 Å². The minimum Gasteiger partial charge on any atom is -0.462 e. The number of aliphatic hydroxyl groups excluding tert-OH is 2. The number of hydrogen-bond acceptors (Lipinski definition) is 5. The predicted octanol–water partition coefficient (Wildman–Crippen LogP) is 16.3. The van der Waals surface area contributed by atoms with Crippen LogP contribution in [0.1, 0.15) is 290 Å². The lowest BCUT2D eigenvalue weighted by Crippen LogP contribution is -2.46. The van der Waals surface area contributed by atoms with Crippen molar-refractivity contribution in [2.24, 2.45) is 0 Å². The van der Waals surface area contributed by atoms with Gasteiger partial charge < -0.3 is 20.3 Å². The number of carbonyl (C=O) groups excluding carboxylic acids is 2. The van der Waals surface area contributed by atoms with Crippen molar-refractivity contribution in [1.82, 2.24) is 5.32 Å². The summed E-state index contributed by atoms with van der Waals surface area (Å²) in [5.41, 5.74) is 0. The van der Waals surface area contributed by atoms with E-state index in [9.17, 15) is 19.8 Å². The van der Waals surface area contributed by atoms with Gasteiger partial charge in [-0.3, -0.25) is 9.59 Å². The van der Waals surface area contributed by atoms with Gasteiger partial charge in [-0.25, -0.2) is 0 Å². The third kappa shape index (κ3) is 44.7. The average Bonchev–Trinajstić information content (AvgIpc) is 3.25. The van der Waals surface area contributed by atoms with Gasteiger partial charge in [0.15, 0.2) is 0 Å². The second kappa shape index (κ2) is 49.4. The SMILES string of the molecule is CCCCCCCCC/C=C/C=C/CCCCCC(CC(=O)NC(CO)C(O)CCCCCCCCCCC)OC(=O)CCCCCCCCCCCCCCCCCCC. The molecule has 0 bridgehead atoms. The Balaban J connectivity index is 4.56. The summed E-state index contributed by atoms with van der Waals surface area (Å²) >= 11 is 0. The molecule has 0 heterocycles. The maximum Gasteiger partial charge on any atom is 0.306 e. The highest BCUT2D eigenvalue weighted by Gasteiger charge is 2.24. The van der Waals surface area contributed by atoms with Crippen molar-refractivity contribution in [2.45, 2.75) is 309 Å². The number of hydrogen-bond donors (Lipinski definition) is 3. The van der Waals surface area contributed by atoms with E-state index in [0.717, 1.165) is 70.6 Å². The van der Waals surface area contributed by atoms with Crippen LogP contribution in [0, 0.1) is 0 Å². The van der Waals surface area contributed by atoms with Crippen LogP contribution in [0.3, 0.4) is 0 Å². The largest absolute Gasteiger partial charge is 0.462 e. The Bertz CT molecular complexity index is 966. The topological polar surface area (TPSA) is 95.9 Å². The van der Waals surface area contributed by atoms with E-state index in [-0.39, 0.29) is 24.9 Å². The molecule has 3 N–H and O–H groups in total. The quantitative estimate of drug-likeness (QED) is 0.0322. The van der Waals surface area contributed by atoms with E-state index in [2.05, 4.69) is 50.4 Å².